The molecule has 0 aliphatic rings. The maximum absolute atomic E-state index is 13.9. The highest BCUT2D eigenvalue weighted by Gasteiger charge is 2.33. The fraction of sp³-hybridized carbons (Fsp3) is 0.333. The third-order valence-corrected chi connectivity index (χ3v) is 8.35. The molecule has 0 saturated heterocycles. The van der Waals surface area contributed by atoms with Gasteiger partial charge in [-0.3, -0.25) is 13.9 Å². The van der Waals surface area contributed by atoms with Gasteiger partial charge in [-0.2, -0.15) is 0 Å². The minimum Gasteiger partial charge on any atom is -0.357 e. The molecule has 0 aliphatic carbocycles. The summed E-state index contributed by atoms with van der Waals surface area (Å²) in [7, 11) is -2.54. The average molecular weight is 536 g/mol. The average Bonchev–Trinajstić information content (AvgIpc) is 2.92. The Morgan fingerprint density at radius 1 is 0.895 bits per heavy atom. The van der Waals surface area contributed by atoms with E-state index in [4.69, 9.17) is 0 Å². The van der Waals surface area contributed by atoms with Crippen LogP contribution in [0.5, 0.6) is 0 Å². The summed E-state index contributed by atoms with van der Waals surface area (Å²) >= 11 is 0. The third kappa shape index (κ3) is 6.81. The Bertz CT molecular complexity index is 1320. The monoisotopic (exact) mass is 535 g/mol. The molecule has 3 aromatic carbocycles. The van der Waals surface area contributed by atoms with Crippen molar-refractivity contribution in [1.82, 2.24) is 10.2 Å². The molecule has 2 amide bonds. The van der Waals surface area contributed by atoms with Crippen molar-refractivity contribution in [3.05, 3.63) is 95.6 Å². The number of hydrogen-bond donors (Lipinski definition) is 1. The van der Waals surface area contributed by atoms with Gasteiger partial charge in [0.25, 0.3) is 10.0 Å². The molecule has 0 fully saturated rings. The lowest BCUT2D eigenvalue weighted by Crippen LogP contribution is -2.51. The first-order valence-electron chi connectivity index (χ1n) is 12.8. The maximum Gasteiger partial charge on any atom is 0.264 e. The van der Waals surface area contributed by atoms with Crippen LogP contribution in [0.2, 0.25) is 0 Å². The van der Waals surface area contributed by atoms with E-state index in [1.807, 2.05) is 50.2 Å². The number of rotatable bonds is 11. The molecule has 0 saturated carbocycles. The molecule has 1 N–H and O–H groups in total. The van der Waals surface area contributed by atoms with E-state index in [0.29, 0.717) is 12.1 Å². The van der Waals surface area contributed by atoms with Crippen LogP contribution in [0.4, 0.5) is 5.69 Å². The number of aryl methyl sites for hydroxylation is 1. The predicted molar refractivity (Wildman–Crippen MR) is 151 cm³/mol. The van der Waals surface area contributed by atoms with Gasteiger partial charge in [-0.05, 0) is 54.7 Å². The van der Waals surface area contributed by atoms with E-state index in [2.05, 4.69) is 19.2 Å². The molecule has 0 unspecified atom stereocenters. The van der Waals surface area contributed by atoms with Crippen LogP contribution in [0.15, 0.2) is 83.8 Å². The minimum absolute atomic E-state index is 0.0872. The number of nitrogens with zero attached hydrogens (tertiary/aromatic N) is 2. The van der Waals surface area contributed by atoms with Crippen molar-refractivity contribution in [3.63, 3.8) is 0 Å². The standard InChI is InChI=1S/C30H37N3O4S/c1-6-28(30(35)31-5)32(20-24-14-12-23(4)13-15-24)29(34)21-33(26-18-16-25(17-19-26)22(2)3)38(36,37)27-10-8-7-9-11-27/h7-19,22,28H,6,20-21H2,1-5H3,(H,31,35)/t28-/m0/s1. The largest absolute Gasteiger partial charge is 0.357 e. The zero-order valence-electron chi connectivity index (χ0n) is 22.7. The topological polar surface area (TPSA) is 86.8 Å². The number of sulfonamides is 1. The van der Waals surface area contributed by atoms with Crippen LogP contribution >= 0.6 is 0 Å². The first-order valence-corrected chi connectivity index (χ1v) is 14.3. The zero-order valence-corrected chi connectivity index (χ0v) is 23.5. The van der Waals surface area contributed by atoms with Crippen molar-refractivity contribution in [1.29, 1.82) is 0 Å². The number of benzene rings is 3. The van der Waals surface area contributed by atoms with Crippen molar-refractivity contribution in [2.75, 3.05) is 17.9 Å². The number of nitrogens with one attached hydrogen (secondary N) is 1. The smallest absolute Gasteiger partial charge is 0.264 e. The van der Waals surface area contributed by atoms with Crippen molar-refractivity contribution in [3.8, 4) is 0 Å². The van der Waals surface area contributed by atoms with Crippen LogP contribution in [-0.2, 0) is 26.2 Å². The van der Waals surface area contributed by atoms with E-state index in [1.165, 1.54) is 24.1 Å². The van der Waals surface area contributed by atoms with E-state index in [-0.39, 0.29) is 23.3 Å². The molecule has 38 heavy (non-hydrogen) atoms. The SMILES string of the molecule is CC[C@@H](C(=O)NC)N(Cc1ccc(C)cc1)C(=O)CN(c1ccc(C(C)C)cc1)S(=O)(=O)c1ccccc1. The summed E-state index contributed by atoms with van der Waals surface area (Å²) in [4.78, 5) is 28.2. The maximum atomic E-state index is 13.9. The highest BCUT2D eigenvalue weighted by molar-refractivity contribution is 7.92. The first-order chi connectivity index (χ1) is 18.1. The summed E-state index contributed by atoms with van der Waals surface area (Å²) in [5.74, 6) is -0.493. The Balaban J connectivity index is 2.05. The number of carbonyl (C=O) groups excluding carboxylic acids is 2. The Morgan fingerprint density at radius 2 is 1.50 bits per heavy atom. The van der Waals surface area contributed by atoms with Gasteiger partial charge < -0.3 is 10.2 Å². The number of hydrogen-bond acceptors (Lipinski definition) is 4. The molecule has 0 radical (unpaired) electrons. The van der Waals surface area contributed by atoms with Crippen LogP contribution in [0.25, 0.3) is 0 Å². The molecule has 0 heterocycles. The second-order valence-corrected chi connectivity index (χ2v) is 11.5. The second-order valence-electron chi connectivity index (χ2n) is 9.62. The molecule has 8 heteroatoms. The van der Waals surface area contributed by atoms with Crippen molar-refractivity contribution in [2.45, 2.75) is 57.5 Å². The van der Waals surface area contributed by atoms with Crippen molar-refractivity contribution in [2.24, 2.45) is 0 Å². The lowest BCUT2D eigenvalue weighted by atomic mass is 10.0. The number of carbonyl (C=O) groups is 2. The van der Waals surface area contributed by atoms with Crippen LogP contribution in [0.1, 0.15) is 49.8 Å². The molecule has 0 aliphatic heterocycles. The quantitative estimate of drug-likeness (QED) is 0.380. The molecule has 3 rings (SSSR count). The number of anilines is 1. The molecule has 0 bridgehead atoms. The van der Waals surface area contributed by atoms with Gasteiger partial charge in [-0.25, -0.2) is 8.42 Å². The summed E-state index contributed by atoms with van der Waals surface area (Å²) < 4.78 is 28.8. The van der Waals surface area contributed by atoms with Gasteiger partial charge in [0.1, 0.15) is 12.6 Å². The first kappa shape index (κ1) is 28.9. The van der Waals surface area contributed by atoms with Crippen LogP contribution in [-0.4, -0.2) is 44.8 Å². The highest BCUT2D eigenvalue weighted by atomic mass is 32.2. The molecule has 3 aromatic rings. The number of likely N-dealkylation sites (N-methyl/N-ethyl adjacent to an activating group) is 1. The van der Waals surface area contributed by atoms with E-state index >= 15 is 0 Å². The Hall–Kier alpha value is -3.65. The molecule has 0 spiro atoms. The van der Waals surface area contributed by atoms with Gasteiger partial charge in [0.05, 0.1) is 10.6 Å². The number of amides is 2. The van der Waals surface area contributed by atoms with E-state index in [9.17, 15) is 18.0 Å². The fourth-order valence-electron chi connectivity index (χ4n) is 4.25. The summed E-state index contributed by atoms with van der Waals surface area (Å²) in [5, 5.41) is 2.64. The van der Waals surface area contributed by atoms with Gasteiger partial charge in [0.15, 0.2) is 0 Å². The minimum atomic E-state index is -4.07. The Kier molecular flexibility index (Phi) is 9.69. The van der Waals surface area contributed by atoms with E-state index < -0.39 is 28.5 Å². The van der Waals surface area contributed by atoms with E-state index in [0.717, 1.165) is 21.0 Å². The van der Waals surface area contributed by atoms with E-state index in [1.54, 1.807) is 30.3 Å². The predicted octanol–water partition coefficient (Wildman–Crippen LogP) is 4.87. The summed E-state index contributed by atoms with van der Waals surface area (Å²) in [5.41, 5.74) is 3.37. The third-order valence-electron chi connectivity index (χ3n) is 6.56. The van der Waals surface area contributed by atoms with Crippen molar-refractivity contribution < 1.29 is 18.0 Å². The van der Waals surface area contributed by atoms with Crippen LogP contribution < -0.4 is 9.62 Å². The fourth-order valence-corrected chi connectivity index (χ4v) is 5.69. The lowest BCUT2D eigenvalue weighted by molar-refractivity contribution is -0.140. The Labute approximate surface area is 226 Å². The second kappa shape index (κ2) is 12.7. The van der Waals surface area contributed by atoms with Gasteiger partial charge in [0, 0.05) is 13.6 Å². The molecular formula is C30H37N3O4S. The van der Waals surface area contributed by atoms with Crippen LogP contribution in [0.3, 0.4) is 0 Å². The lowest BCUT2D eigenvalue weighted by Gasteiger charge is -2.33. The molecule has 1 atom stereocenters. The zero-order chi connectivity index (χ0) is 27.9. The molecule has 7 nitrogen and oxygen atoms in total. The van der Waals surface area contributed by atoms with Crippen molar-refractivity contribution >= 4 is 27.5 Å². The van der Waals surface area contributed by atoms with Gasteiger partial charge in [0.2, 0.25) is 11.8 Å². The van der Waals surface area contributed by atoms with Gasteiger partial charge in [-0.15, -0.1) is 0 Å². The molecule has 0 aromatic heterocycles. The molecule has 202 valence electrons. The Morgan fingerprint density at radius 3 is 2.03 bits per heavy atom. The van der Waals surface area contributed by atoms with Gasteiger partial charge in [-0.1, -0.05) is 80.9 Å². The summed E-state index contributed by atoms with van der Waals surface area (Å²) in [6.07, 6.45) is 0.381. The van der Waals surface area contributed by atoms with Gasteiger partial charge >= 0.3 is 0 Å². The summed E-state index contributed by atoms with van der Waals surface area (Å²) in [6.45, 7) is 7.66. The highest BCUT2D eigenvalue weighted by Crippen LogP contribution is 2.26. The summed E-state index contributed by atoms with van der Waals surface area (Å²) in [6, 6.07) is 22.2. The van der Waals surface area contributed by atoms with Crippen LogP contribution in [0, 0.1) is 6.92 Å². The normalized spacial score (nSPS) is 12.2. The molecular weight excluding hydrogens is 498 g/mol.